The lowest BCUT2D eigenvalue weighted by Crippen LogP contribution is -2.26. The third-order valence-electron chi connectivity index (χ3n) is 3.09. The Hall–Kier alpha value is -0.970. The van der Waals surface area contributed by atoms with Crippen molar-refractivity contribution >= 4 is 45.2 Å². The number of thioether (sulfide) groups is 1. The van der Waals surface area contributed by atoms with Gasteiger partial charge < -0.3 is 5.32 Å². The Labute approximate surface area is 142 Å². The SMILES string of the molecule is CSc1ccc(C(C)NC(=O)c2cc(Cl)cc(Br)c2)cc1. The van der Waals surface area contributed by atoms with E-state index in [4.69, 9.17) is 11.6 Å². The van der Waals surface area contributed by atoms with E-state index in [1.54, 1.807) is 30.0 Å². The first kappa shape index (κ1) is 16.4. The Morgan fingerprint density at radius 2 is 1.90 bits per heavy atom. The summed E-state index contributed by atoms with van der Waals surface area (Å²) in [6.45, 7) is 1.96. The van der Waals surface area contributed by atoms with E-state index < -0.39 is 0 Å². The molecule has 1 atom stereocenters. The summed E-state index contributed by atoms with van der Waals surface area (Å²) in [5.41, 5.74) is 1.62. The van der Waals surface area contributed by atoms with Crippen LogP contribution in [0, 0.1) is 0 Å². The molecule has 0 aliphatic carbocycles. The summed E-state index contributed by atoms with van der Waals surface area (Å²) in [6, 6.07) is 13.3. The fourth-order valence-electron chi connectivity index (χ4n) is 1.94. The first-order valence-corrected chi connectivity index (χ1v) is 8.80. The van der Waals surface area contributed by atoms with Crippen LogP contribution in [0.25, 0.3) is 0 Å². The maximum absolute atomic E-state index is 12.3. The lowest BCUT2D eigenvalue weighted by Gasteiger charge is -2.15. The van der Waals surface area contributed by atoms with Gasteiger partial charge in [0.1, 0.15) is 0 Å². The van der Waals surface area contributed by atoms with E-state index in [0.29, 0.717) is 10.6 Å². The van der Waals surface area contributed by atoms with Crippen LogP contribution in [-0.4, -0.2) is 12.2 Å². The van der Waals surface area contributed by atoms with E-state index >= 15 is 0 Å². The Balaban J connectivity index is 2.10. The third-order valence-corrected chi connectivity index (χ3v) is 4.51. The summed E-state index contributed by atoms with van der Waals surface area (Å²) >= 11 is 11.0. The highest BCUT2D eigenvalue weighted by molar-refractivity contribution is 9.10. The predicted molar refractivity (Wildman–Crippen MR) is 93.3 cm³/mol. The highest BCUT2D eigenvalue weighted by Crippen LogP contribution is 2.22. The molecule has 0 heterocycles. The molecule has 1 unspecified atom stereocenters. The number of amides is 1. The van der Waals surface area contributed by atoms with E-state index in [2.05, 4.69) is 33.4 Å². The molecule has 0 aliphatic heterocycles. The van der Waals surface area contributed by atoms with Crippen molar-refractivity contribution in [2.45, 2.75) is 17.9 Å². The van der Waals surface area contributed by atoms with Gasteiger partial charge in [0.05, 0.1) is 6.04 Å². The quantitative estimate of drug-likeness (QED) is 0.723. The van der Waals surface area contributed by atoms with Crippen LogP contribution >= 0.6 is 39.3 Å². The fourth-order valence-corrected chi connectivity index (χ4v) is 3.21. The van der Waals surface area contributed by atoms with Crippen molar-refractivity contribution in [1.82, 2.24) is 5.32 Å². The van der Waals surface area contributed by atoms with Crippen molar-refractivity contribution in [2.24, 2.45) is 0 Å². The molecule has 2 nitrogen and oxygen atoms in total. The normalized spacial score (nSPS) is 12.0. The van der Waals surface area contributed by atoms with E-state index in [-0.39, 0.29) is 11.9 Å². The smallest absolute Gasteiger partial charge is 0.251 e. The zero-order chi connectivity index (χ0) is 15.4. The molecule has 2 aromatic rings. The minimum atomic E-state index is -0.139. The van der Waals surface area contributed by atoms with Crippen LogP contribution in [-0.2, 0) is 0 Å². The van der Waals surface area contributed by atoms with Crippen molar-refractivity contribution in [2.75, 3.05) is 6.26 Å². The number of benzene rings is 2. The highest BCUT2D eigenvalue weighted by Gasteiger charge is 2.12. The first-order valence-electron chi connectivity index (χ1n) is 6.40. The van der Waals surface area contributed by atoms with Crippen LogP contribution in [0.3, 0.4) is 0 Å². The average Bonchev–Trinajstić information content (AvgIpc) is 2.46. The summed E-state index contributed by atoms with van der Waals surface area (Å²) in [4.78, 5) is 13.5. The zero-order valence-corrected chi connectivity index (χ0v) is 14.8. The van der Waals surface area contributed by atoms with Crippen LogP contribution in [0.5, 0.6) is 0 Å². The summed E-state index contributed by atoms with van der Waals surface area (Å²) in [5, 5.41) is 3.51. The Morgan fingerprint density at radius 1 is 1.24 bits per heavy atom. The van der Waals surface area contributed by atoms with Crippen molar-refractivity contribution in [3.8, 4) is 0 Å². The third kappa shape index (κ3) is 4.50. The molecular formula is C16H15BrClNOS. The van der Waals surface area contributed by atoms with Crippen molar-refractivity contribution in [3.63, 3.8) is 0 Å². The van der Waals surface area contributed by atoms with E-state index in [1.165, 1.54) is 4.90 Å². The summed E-state index contributed by atoms with van der Waals surface area (Å²) < 4.78 is 0.789. The van der Waals surface area contributed by atoms with Crippen LogP contribution < -0.4 is 5.32 Å². The topological polar surface area (TPSA) is 29.1 Å². The Morgan fingerprint density at radius 3 is 2.48 bits per heavy atom. The molecule has 1 N–H and O–H groups in total. The van der Waals surface area contributed by atoms with Gasteiger partial charge in [0.2, 0.25) is 0 Å². The number of rotatable bonds is 4. The molecule has 0 aromatic heterocycles. The van der Waals surface area contributed by atoms with Crippen LogP contribution in [0.2, 0.25) is 5.02 Å². The summed E-state index contributed by atoms with van der Waals surface area (Å²) in [5.74, 6) is -0.139. The number of hydrogen-bond acceptors (Lipinski definition) is 2. The monoisotopic (exact) mass is 383 g/mol. The molecule has 0 saturated carbocycles. The molecule has 1 amide bonds. The van der Waals surface area contributed by atoms with Gasteiger partial charge in [0.15, 0.2) is 0 Å². The molecule has 0 spiro atoms. The molecule has 0 radical (unpaired) electrons. The second kappa shape index (κ2) is 7.34. The maximum atomic E-state index is 12.3. The van der Waals surface area contributed by atoms with E-state index in [1.807, 2.05) is 25.3 Å². The lowest BCUT2D eigenvalue weighted by molar-refractivity contribution is 0.0940. The molecule has 110 valence electrons. The number of carbonyl (C=O) groups excluding carboxylic acids is 1. The van der Waals surface area contributed by atoms with Gasteiger partial charge in [-0.25, -0.2) is 0 Å². The van der Waals surface area contributed by atoms with Gasteiger partial charge >= 0.3 is 0 Å². The van der Waals surface area contributed by atoms with E-state index in [9.17, 15) is 4.79 Å². The largest absolute Gasteiger partial charge is 0.346 e. The predicted octanol–water partition coefficient (Wildman–Crippen LogP) is 5.32. The highest BCUT2D eigenvalue weighted by atomic mass is 79.9. The molecule has 5 heteroatoms. The van der Waals surface area contributed by atoms with Crippen LogP contribution in [0.1, 0.15) is 28.9 Å². The van der Waals surface area contributed by atoms with Gasteiger partial charge in [0.25, 0.3) is 5.91 Å². The summed E-state index contributed by atoms with van der Waals surface area (Å²) in [6.07, 6.45) is 2.04. The van der Waals surface area contributed by atoms with Gasteiger partial charge in [-0.2, -0.15) is 0 Å². The maximum Gasteiger partial charge on any atom is 0.251 e. The van der Waals surface area contributed by atoms with Gasteiger partial charge in [-0.3, -0.25) is 4.79 Å². The zero-order valence-electron chi connectivity index (χ0n) is 11.7. The molecular weight excluding hydrogens is 370 g/mol. The molecule has 2 rings (SSSR count). The number of halogens is 2. The fraction of sp³-hybridized carbons (Fsp3) is 0.188. The molecule has 21 heavy (non-hydrogen) atoms. The van der Waals surface area contributed by atoms with Gasteiger partial charge in [-0.05, 0) is 49.1 Å². The molecule has 0 aliphatic rings. The number of hydrogen-bond donors (Lipinski definition) is 1. The average molecular weight is 385 g/mol. The lowest BCUT2D eigenvalue weighted by atomic mass is 10.1. The minimum Gasteiger partial charge on any atom is -0.346 e. The van der Waals surface area contributed by atoms with Gasteiger partial charge in [-0.15, -0.1) is 11.8 Å². The first-order chi connectivity index (χ1) is 9.99. The summed E-state index contributed by atoms with van der Waals surface area (Å²) in [7, 11) is 0. The van der Waals surface area contributed by atoms with Crippen LogP contribution in [0.15, 0.2) is 51.8 Å². The number of nitrogens with one attached hydrogen (secondary N) is 1. The Kier molecular flexibility index (Phi) is 5.73. The number of carbonyl (C=O) groups is 1. The second-order valence-corrected chi connectivity index (χ2v) is 6.86. The second-order valence-electron chi connectivity index (χ2n) is 4.63. The standard InChI is InChI=1S/C16H15BrClNOS/c1-10(11-3-5-15(21-2)6-4-11)19-16(20)12-7-13(17)9-14(18)8-12/h3-10H,1-2H3,(H,19,20). The van der Waals surface area contributed by atoms with Crippen molar-refractivity contribution < 1.29 is 4.79 Å². The van der Waals surface area contributed by atoms with Crippen LogP contribution in [0.4, 0.5) is 0 Å². The van der Waals surface area contributed by atoms with Crippen molar-refractivity contribution in [1.29, 1.82) is 0 Å². The van der Waals surface area contributed by atoms with Gasteiger partial charge in [-0.1, -0.05) is 39.7 Å². The molecule has 2 aromatic carbocycles. The molecule has 0 fully saturated rings. The van der Waals surface area contributed by atoms with Crippen molar-refractivity contribution in [3.05, 3.63) is 63.1 Å². The minimum absolute atomic E-state index is 0.0637. The van der Waals surface area contributed by atoms with Gasteiger partial charge in [0, 0.05) is 20.0 Å². The van der Waals surface area contributed by atoms with E-state index in [0.717, 1.165) is 10.0 Å². The Bertz CT molecular complexity index is 625. The molecule has 0 saturated heterocycles. The molecule has 0 bridgehead atoms.